The lowest BCUT2D eigenvalue weighted by atomic mass is 10.3. The van der Waals surface area contributed by atoms with E-state index >= 15 is 0 Å². The molecule has 0 atom stereocenters. The van der Waals surface area contributed by atoms with E-state index in [1.54, 1.807) is 0 Å². The van der Waals surface area contributed by atoms with E-state index in [-0.39, 0.29) is 0 Å². The monoisotopic (exact) mass is 153 g/mol. The van der Waals surface area contributed by atoms with Crippen LogP contribution in [-0.2, 0) is 0 Å². The first-order valence-corrected chi connectivity index (χ1v) is 4.75. The minimum Gasteiger partial charge on any atom is -0.317 e. The molecule has 1 fully saturated rings. The standard InChI is InChI=1S/C10H19N/c1-2-3-4-8-11-9-7-10-5-6-10/h2,10-11H,1,3-9H2. The van der Waals surface area contributed by atoms with Gasteiger partial charge >= 0.3 is 0 Å². The van der Waals surface area contributed by atoms with Crippen LogP contribution in [0.1, 0.15) is 32.1 Å². The molecule has 0 aromatic carbocycles. The summed E-state index contributed by atoms with van der Waals surface area (Å²) >= 11 is 0. The van der Waals surface area contributed by atoms with Gasteiger partial charge in [0.2, 0.25) is 0 Å². The van der Waals surface area contributed by atoms with Crippen molar-refractivity contribution < 1.29 is 0 Å². The van der Waals surface area contributed by atoms with Crippen LogP contribution in [0.25, 0.3) is 0 Å². The van der Waals surface area contributed by atoms with E-state index < -0.39 is 0 Å². The van der Waals surface area contributed by atoms with Crippen LogP contribution in [-0.4, -0.2) is 13.1 Å². The van der Waals surface area contributed by atoms with E-state index in [2.05, 4.69) is 11.9 Å². The number of hydrogen-bond donors (Lipinski definition) is 1. The lowest BCUT2D eigenvalue weighted by Gasteiger charge is -2.01. The molecule has 1 heteroatoms. The lowest BCUT2D eigenvalue weighted by Crippen LogP contribution is -2.16. The molecule has 0 aliphatic heterocycles. The summed E-state index contributed by atoms with van der Waals surface area (Å²) in [7, 11) is 0. The number of rotatable bonds is 7. The Balaban J connectivity index is 1.69. The van der Waals surface area contributed by atoms with Crippen LogP contribution in [0.2, 0.25) is 0 Å². The Labute approximate surface area is 69.9 Å². The van der Waals surface area contributed by atoms with E-state index in [4.69, 9.17) is 0 Å². The second-order valence-corrected chi connectivity index (χ2v) is 3.41. The third kappa shape index (κ3) is 5.02. The Bertz CT molecular complexity index is 105. The maximum atomic E-state index is 3.69. The quantitative estimate of drug-likeness (QED) is 0.437. The molecule has 0 bridgehead atoms. The zero-order valence-electron chi connectivity index (χ0n) is 7.31. The Morgan fingerprint density at radius 1 is 1.36 bits per heavy atom. The van der Waals surface area contributed by atoms with Crippen LogP contribution >= 0.6 is 0 Å². The molecule has 1 N–H and O–H groups in total. The van der Waals surface area contributed by atoms with E-state index in [0.717, 1.165) is 12.3 Å². The van der Waals surface area contributed by atoms with E-state index in [0.29, 0.717) is 0 Å². The SMILES string of the molecule is C=CCCCNCCC1CC1. The van der Waals surface area contributed by atoms with Crippen molar-refractivity contribution in [2.75, 3.05) is 13.1 Å². The van der Waals surface area contributed by atoms with E-state index in [1.807, 2.05) is 6.08 Å². The summed E-state index contributed by atoms with van der Waals surface area (Å²) in [4.78, 5) is 0. The molecule has 1 aliphatic rings. The smallest absolute Gasteiger partial charge is 0.00460 e. The fraction of sp³-hybridized carbons (Fsp3) is 0.800. The Hall–Kier alpha value is -0.300. The predicted octanol–water partition coefficient (Wildman–Crippen LogP) is 2.34. The van der Waals surface area contributed by atoms with Crippen molar-refractivity contribution in [2.45, 2.75) is 32.1 Å². The third-order valence-electron chi connectivity index (χ3n) is 2.19. The van der Waals surface area contributed by atoms with Gasteiger partial charge in [-0.2, -0.15) is 0 Å². The van der Waals surface area contributed by atoms with Crippen LogP contribution in [0, 0.1) is 5.92 Å². The van der Waals surface area contributed by atoms with Crippen molar-refractivity contribution in [3.05, 3.63) is 12.7 Å². The zero-order chi connectivity index (χ0) is 7.94. The largest absolute Gasteiger partial charge is 0.317 e. The van der Waals surface area contributed by atoms with Gasteiger partial charge < -0.3 is 5.32 Å². The minimum absolute atomic E-state index is 1.07. The zero-order valence-corrected chi connectivity index (χ0v) is 7.31. The highest BCUT2D eigenvalue weighted by molar-refractivity contribution is 4.73. The van der Waals surface area contributed by atoms with Crippen molar-refractivity contribution in [3.63, 3.8) is 0 Å². The number of allylic oxidation sites excluding steroid dienone is 1. The molecule has 0 amide bonds. The van der Waals surface area contributed by atoms with Gasteiger partial charge in [-0.3, -0.25) is 0 Å². The molecule has 0 aromatic rings. The molecular weight excluding hydrogens is 134 g/mol. The van der Waals surface area contributed by atoms with Crippen LogP contribution in [0.4, 0.5) is 0 Å². The summed E-state index contributed by atoms with van der Waals surface area (Å²) in [5.41, 5.74) is 0. The van der Waals surface area contributed by atoms with Crippen LogP contribution in [0.15, 0.2) is 12.7 Å². The van der Waals surface area contributed by atoms with Gasteiger partial charge in [-0.15, -0.1) is 6.58 Å². The topological polar surface area (TPSA) is 12.0 Å². The molecule has 0 spiro atoms. The second kappa shape index (κ2) is 5.36. The first kappa shape index (κ1) is 8.79. The molecule has 0 heterocycles. The Morgan fingerprint density at radius 3 is 2.82 bits per heavy atom. The average Bonchev–Trinajstić information content (AvgIpc) is 2.80. The van der Waals surface area contributed by atoms with Gasteiger partial charge in [0, 0.05) is 0 Å². The van der Waals surface area contributed by atoms with Gasteiger partial charge in [0.25, 0.3) is 0 Å². The minimum atomic E-state index is 1.07. The van der Waals surface area contributed by atoms with Crippen molar-refractivity contribution in [1.82, 2.24) is 5.32 Å². The van der Waals surface area contributed by atoms with Gasteiger partial charge in [0.15, 0.2) is 0 Å². The van der Waals surface area contributed by atoms with E-state index in [1.165, 1.54) is 38.8 Å². The van der Waals surface area contributed by atoms with Crippen LogP contribution in [0.5, 0.6) is 0 Å². The number of nitrogens with one attached hydrogen (secondary N) is 1. The van der Waals surface area contributed by atoms with Crippen molar-refractivity contribution in [3.8, 4) is 0 Å². The normalized spacial score (nSPS) is 16.7. The molecule has 1 aliphatic carbocycles. The van der Waals surface area contributed by atoms with Gasteiger partial charge in [-0.25, -0.2) is 0 Å². The van der Waals surface area contributed by atoms with Crippen molar-refractivity contribution in [2.24, 2.45) is 5.92 Å². The highest BCUT2D eigenvalue weighted by Crippen LogP contribution is 2.31. The molecule has 0 saturated heterocycles. The molecule has 64 valence electrons. The van der Waals surface area contributed by atoms with Gasteiger partial charge in [-0.1, -0.05) is 18.9 Å². The molecule has 0 unspecified atom stereocenters. The summed E-state index contributed by atoms with van der Waals surface area (Å²) in [6.07, 6.45) is 8.74. The highest BCUT2D eigenvalue weighted by Gasteiger charge is 2.19. The van der Waals surface area contributed by atoms with Gasteiger partial charge in [-0.05, 0) is 38.3 Å². The van der Waals surface area contributed by atoms with Crippen LogP contribution < -0.4 is 5.32 Å². The lowest BCUT2D eigenvalue weighted by molar-refractivity contribution is 0.598. The molecule has 1 nitrogen and oxygen atoms in total. The highest BCUT2D eigenvalue weighted by atomic mass is 14.8. The Morgan fingerprint density at radius 2 is 2.18 bits per heavy atom. The number of unbranched alkanes of at least 4 members (excludes halogenated alkanes) is 1. The number of hydrogen-bond acceptors (Lipinski definition) is 1. The van der Waals surface area contributed by atoms with Crippen molar-refractivity contribution >= 4 is 0 Å². The fourth-order valence-corrected chi connectivity index (χ4v) is 1.21. The van der Waals surface area contributed by atoms with Crippen LogP contribution in [0.3, 0.4) is 0 Å². The second-order valence-electron chi connectivity index (χ2n) is 3.41. The predicted molar refractivity (Wildman–Crippen MR) is 49.6 cm³/mol. The first-order valence-electron chi connectivity index (χ1n) is 4.75. The molecule has 1 rings (SSSR count). The molecule has 0 radical (unpaired) electrons. The third-order valence-corrected chi connectivity index (χ3v) is 2.19. The van der Waals surface area contributed by atoms with Gasteiger partial charge in [0.1, 0.15) is 0 Å². The summed E-state index contributed by atoms with van der Waals surface area (Å²) < 4.78 is 0. The molecule has 0 aromatic heterocycles. The fourth-order valence-electron chi connectivity index (χ4n) is 1.21. The first-order chi connectivity index (χ1) is 5.43. The summed E-state index contributed by atoms with van der Waals surface area (Å²) in [6.45, 7) is 6.08. The summed E-state index contributed by atoms with van der Waals surface area (Å²) in [5.74, 6) is 1.07. The summed E-state index contributed by atoms with van der Waals surface area (Å²) in [5, 5.41) is 3.44. The molecular formula is C10H19N. The Kier molecular flexibility index (Phi) is 4.29. The maximum absolute atomic E-state index is 3.69. The van der Waals surface area contributed by atoms with Crippen molar-refractivity contribution in [1.29, 1.82) is 0 Å². The summed E-state index contributed by atoms with van der Waals surface area (Å²) in [6, 6.07) is 0. The maximum Gasteiger partial charge on any atom is -0.00460 e. The molecule has 1 saturated carbocycles. The molecule has 11 heavy (non-hydrogen) atoms. The van der Waals surface area contributed by atoms with Gasteiger partial charge in [0.05, 0.1) is 0 Å². The average molecular weight is 153 g/mol. The van der Waals surface area contributed by atoms with E-state index in [9.17, 15) is 0 Å².